The van der Waals surface area contributed by atoms with Gasteiger partial charge in [-0.25, -0.2) is 0 Å². The van der Waals surface area contributed by atoms with E-state index in [-0.39, 0.29) is 0 Å². The zero-order valence-corrected chi connectivity index (χ0v) is 9.17. The van der Waals surface area contributed by atoms with Gasteiger partial charge in [-0.2, -0.15) is 25.3 Å². The van der Waals surface area contributed by atoms with Gasteiger partial charge in [0, 0.05) is 6.42 Å². The Morgan fingerprint density at radius 3 is 2.36 bits per heavy atom. The van der Waals surface area contributed by atoms with E-state index >= 15 is 0 Å². The lowest BCUT2D eigenvalue weighted by Gasteiger charge is -2.18. The van der Waals surface area contributed by atoms with E-state index in [1.54, 1.807) is 12.5 Å². The van der Waals surface area contributed by atoms with Gasteiger partial charge in [0.15, 0.2) is 0 Å². The zero-order chi connectivity index (χ0) is 10.0. The summed E-state index contributed by atoms with van der Waals surface area (Å²) >= 11 is 8.88. The Bertz CT molecular complexity index is 376. The third-order valence-corrected chi connectivity index (χ3v) is 2.67. The fourth-order valence-electron chi connectivity index (χ4n) is 1.25. The number of thiol groups is 2. The summed E-state index contributed by atoms with van der Waals surface area (Å²) in [5.74, 6) is 1.56. The first-order valence-corrected chi connectivity index (χ1v) is 5.09. The molecule has 0 aliphatic rings. The summed E-state index contributed by atoms with van der Waals surface area (Å²) in [6.45, 7) is 0. The molecule has 0 unspecified atom stereocenters. The molecular weight excluding hydrogens is 216 g/mol. The standard InChI is InChI=1S/C10H10O2S2/c13-10(14,9-4-2-6-12-9)7-8-3-1-5-11-8/h1-6,13-14H,7H2. The minimum atomic E-state index is -0.624. The van der Waals surface area contributed by atoms with E-state index < -0.39 is 4.08 Å². The Morgan fingerprint density at radius 2 is 1.79 bits per heavy atom. The van der Waals surface area contributed by atoms with Crippen molar-refractivity contribution in [2.75, 3.05) is 0 Å². The predicted molar refractivity (Wildman–Crippen MR) is 60.8 cm³/mol. The second kappa shape index (κ2) is 3.79. The fraction of sp³-hybridized carbons (Fsp3) is 0.200. The van der Waals surface area contributed by atoms with Crippen LogP contribution in [0.3, 0.4) is 0 Å². The molecule has 0 aromatic carbocycles. The second-order valence-corrected chi connectivity index (χ2v) is 4.93. The molecule has 0 amide bonds. The van der Waals surface area contributed by atoms with E-state index in [2.05, 4.69) is 25.3 Å². The molecule has 2 rings (SSSR count). The van der Waals surface area contributed by atoms with Crippen LogP contribution in [0.4, 0.5) is 0 Å². The van der Waals surface area contributed by atoms with Crippen molar-refractivity contribution < 1.29 is 8.83 Å². The largest absolute Gasteiger partial charge is 0.469 e. The topological polar surface area (TPSA) is 26.3 Å². The van der Waals surface area contributed by atoms with Crippen molar-refractivity contribution in [3.8, 4) is 0 Å². The average molecular weight is 226 g/mol. The molecular formula is C10H10O2S2. The molecule has 0 fully saturated rings. The summed E-state index contributed by atoms with van der Waals surface area (Å²) in [6, 6.07) is 7.40. The monoisotopic (exact) mass is 226 g/mol. The van der Waals surface area contributed by atoms with E-state index in [0.717, 1.165) is 11.5 Å². The minimum Gasteiger partial charge on any atom is -0.469 e. The quantitative estimate of drug-likeness (QED) is 0.621. The van der Waals surface area contributed by atoms with Crippen LogP contribution in [0.15, 0.2) is 45.6 Å². The lowest BCUT2D eigenvalue weighted by Crippen LogP contribution is -2.12. The van der Waals surface area contributed by atoms with E-state index in [4.69, 9.17) is 8.83 Å². The SMILES string of the molecule is SC(S)(Cc1ccco1)c1ccco1. The maximum atomic E-state index is 5.25. The van der Waals surface area contributed by atoms with Crippen molar-refractivity contribution in [3.05, 3.63) is 48.3 Å². The summed E-state index contributed by atoms with van der Waals surface area (Å²) in [4.78, 5) is 0. The smallest absolute Gasteiger partial charge is 0.129 e. The zero-order valence-electron chi connectivity index (χ0n) is 7.38. The Balaban J connectivity index is 2.17. The third kappa shape index (κ3) is 2.01. The van der Waals surface area contributed by atoms with Crippen molar-refractivity contribution in [1.82, 2.24) is 0 Å². The van der Waals surface area contributed by atoms with Crippen molar-refractivity contribution in [2.24, 2.45) is 0 Å². The van der Waals surface area contributed by atoms with Crippen LogP contribution in [0.2, 0.25) is 0 Å². The van der Waals surface area contributed by atoms with Crippen LogP contribution in [-0.4, -0.2) is 0 Å². The highest BCUT2D eigenvalue weighted by molar-refractivity contribution is 7.99. The Kier molecular flexibility index (Phi) is 2.65. The fourth-order valence-corrected chi connectivity index (χ4v) is 1.82. The van der Waals surface area contributed by atoms with Gasteiger partial charge in [-0.15, -0.1) is 0 Å². The van der Waals surface area contributed by atoms with E-state index in [1.165, 1.54) is 0 Å². The molecule has 0 aliphatic heterocycles. The highest BCUT2D eigenvalue weighted by Gasteiger charge is 2.27. The summed E-state index contributed by atoms with van der Waals surface area (Å²) in [5, 5.41) is 0. The van der Waals surface area contributed by atoms with Crippen molar-refractivity contribution >= 4 is 25.3 Å². The van der Waals surface area contributed by atoms with Gasteiger partial charge < -0.3 is 8.83 Å². The summed E-state index contributed by atoms with van der Waals surface area (Å²) in [6.07, 6.45) is 3.83. The molecule has 2 aromatic heterocycles. The van der Waals surface area contributed by atoms with Gasteiger partial charge in [0.2, 0.25) is 0 Å². The van der Waals surface area contributed by atoms with Crippen molar-refractivity contribution in [3.63, 3.8) is 0 Å². The van der Waals surface area contributed by atoms with Crippen LogP contribution in [0.1, 0.15) is 11.5 Å². The third-order valence-electron chi connectivity index (χ3n) is 1.92. The molecule has 2 nitrogen and oxygen atoms in total. The van der Waals surface area contributed by atoms with Crippen LogP contribution in [0, 0.1) is 0 Å². The van der Waals surface area contributed by atoms with Crippen molar-refractivity contribution in [1.29, 1.82) is 0 Å². The van der Waals surface area contributed by atoms with E-state index in [0.29, 0.717) is 6.42 Å². The molecule has 0 saturated heterocycles. The van der Waals surface area contributed by atoms with E-state index in [9.17, 15) is 0 Å². The Hall–Kier alpha value is -0.740. The molecule has 0 radical (unpaired) electrons. The van der Waals surface area contributed by atoms with Crippen LogP contribution < -0.4 is 0 Å². The number of furan rings is 2. The maximum Gasteiger partial charge on any atom is 0.129 e. The lowest BCUT2D eigenvalue weighted by molar-refractivity contribution is 0.460. The highest BCUT2D eigenvalue weighted by Crippen LogP contribution is 2.36. The first-order chi connectivity index (χ1) is 6.68. The van der Waals surface area contributed by atoms with Crippen LogP contribution in [0.5, 0.6) is 0 Å². The molecule has 0 spiro atoms. The van der Waals surface area contributed by atoms with Gasteiger partial charge in [0.1, 0.15) is 15.6 Å². The molecule has 2 aromatic rings. The summed E-state index contributed by atoms with van der Waals surface area (Å²) in [5.41, 5.74) is 0. The summed E-state index contributed by atoms with van der Waals surface area (Å²) < 4.78 is 9.86. The minimum absolute atomic E-state index is 0.583. The van der Waals surface area contributed by atoms with Gasteiger partial charge in [-0.1, -0.05) is 0 Å². The Morgan fingerprint density at radius 1 is 1.07 bits per heavy atom. The molecule has 0 N–H and O–H groups in total. The van der Waals surface area contributed by atoms with Crippen LogP contribution in [-0.2, 0) is 10.5 Å². The predicted octanol–water partition coefficient (Wildman–Crippen LogP) is 3.13. The number of hydrogen-bond acceptors (Lipinski definition) is 4. The molecule has 0 atom stereocenters. The normalized spacial score (nSPS) is 11.9. The average Bonchev–Trinajstić information content (AvgIpc) is 2.71. The highest BCUT2D eigenvalue weighted by atomic mass is 32.2. The molecule has 0 bridgehead atoms. The van der Waals surface area contributed by atoms with Gasteiger partial charge in [0.25, 0.3) is 0 Å². The van der Waals surface area contributed by atoms with Gasteiger partial charge in [-0.05, 0) is 24.3 Å². The van der Waals surface area contributed by atoms with Gasteiger partial charge in [-0.3, -0.25) is 0 Å². The number of hydrogen-bond donors (Lipinski definition) is 2. The van der Waals surface area contributed by atoms with E-state index in [1.807, 2.05) is 24.3 Å². The first kappa shape index (κ1) is 9.80. The number of rotatable bonds is 3. The molecule has 4 heteroatoms. The molecule has 0 aliphatic carbocycles. The second-order valence-electron chi connectivity index (χ2n) is 3.05. The van der Waals surface area contributed by atoms with Gasteiger partial charge >= 0.3 is 0 Å². The van der Waals surface area contributed by atoms with Crippen LogP contribution in [0.25, 0.3) is 0 Å². The van der Waals surface area contributed by atoms with Crippen LogP contribution >= 0.6 is 25.3 Å². The molecule has 2 heterocycles. The molecule has 0 saturated carbocycles. The first-order valence-electron chi connectivity index (χ1n) is 4.19. The van der Waals surface area contributed by atoms with Crippen molar-refractivity contribution in [2.45, 2.75) is 10.5 Å². The summed E-state index contributed by atoms with van der Waals surface area (Å²) in [7, 11) is 0. The maximum absolute atomic E-state index is 5.25. The lowest BCUT2D eigenvalue weighted by atomic mass is 10.2. The Labute approximate surface area is 93.1 Å². The molecule has 74 valence electrons. The van der Waals surface area contributed by atoms with Gasteiger partial charge in [0.05, 0.1) is 12.5 Å². The molecule has 14 heavy (non-hydrogen) atoms.